The van der Waals surface area contributed by atoms with Gasteiger partial charge >= 0.3 is 0 Å². The maximum Gasteiger partial charge on any atom is 0.227 e. The van der Waals surface area contributed by atoms with Gasteiger partial charge in [0.2, 0.25) is 11.8 Å². The lowest BCUT2D eigenvalue weighted by Crippen LogP contribution is -2.37. The number of hydrogen-bond donors (Lipinski definition) is 2. The molecule has 1 atom stereocenters. The summed E-state index contributed by atoms with van der Waals surface area (Å²) < 4.78 is 1.01. The molecule has 7 heteroatoms. The number of halogens is 2. The average Bonchev–Trinajstić information content (AvgIpc) is 2.88. The molecule has 1 aliphatic rings. The maximum absolute atomic E-state index is 12.2. The van der Waals surface area contributed by atoms with Crippen molar-refractivity contribution in [3.8, 4) is 0 Å². The van der Waals surface area contributed by atoms with Gasteiger partial charge in [-0.25, -0.2) is 0 Å². The summed E-state index contributed by atoms with van der Waals surface area (Å²) in [5.41, 5.74) is 1.93. The van der Waals surface area contributed by atoms with Crippen LogP contribution in [0.15, 0.2) is 22.7 Å². The monoisotopic (exact) mass is 403 g/mol. The molecule has 1 unspecified atom stereocenters. The first-order valence-electron chi connectivity index (χ1n) is 7.58. The molecule has 1 heterocycles. The normalized spacial score (nSPS) is 17.1. The minimum Gasteiger partial charge on any atom is -0.355 e. The van der Waals surface area contributed by atoms with Crippen molar-refractivity contribution in [3.63, 3.8) is 0 Å². The number of carbonyl (C=O) groups is 2. The molecule has 1 saturated heterocycles. The zero-order valence-corrected chi connectivity index (χ0v) is 15.8. The van der Waals surface area contributed by atoms with Crippen LogP contribution in [-0.4, -0.2) is 38.0 Å². The number of nitrogens with zero attached hydrogens (tertiary/aromatic N) is 1. The van der Waals surface area contributed by atoms with Crippen molar-refractivity contribution < 1.29 is 9.59 Å². The molecule has 0 bridgehead atoms. The number of benzene rings is 1. The van der Waals surface area contributed by atoms with Crippen LogP contribution in [0.1, 0.15) is 18.9 Å². The van der Waals surface area contributed by atoms with E-state index >= 15 is 0 Å². The van der Waals surface area contributed by atoms with E-state index in [1.165, 1.54) is 0 Å². The maximum atomic E-state index is 12.2. The Kier molecular flexibility index (Phi) is 8.02. The van der Waals surface area contributed by atoms with Crippen molar-refractivity contribution in [2.45, 2.75) is 20.3 Å². The molecule has 128 valence electrons. The van der Waals surface area contributed by atoms with Crippen LogP contribution in [0.4, 0.5) is 5.69 Å². The number of nitrogens with one attached hydrogen (secondary N) is 2. The van der Waals surface area contributed by atoms with Crippen LogP contribution < -0.4 is 15.5 Å². The van der Waals surface area contributed by atoms with Gasteiger partial charge < -0.3 is 15.5 Å². The van der Waals surface area contributed by atoms with Gasteiger partial charge in [-0.3, -0.25) is 9.59 Å². The van der Waals surface area contributed by atoms with Gasteiger partial charge in [0, 0.05) is 36.2 Å². The third-order valence-electron chi connectivity index (χ3n) is 3.80. The number of carbonyl (C=O) groups excluding carboxylic acids is 2. The molecule has 2 rings (SSSR count). The summed E-state index contributed by atoms with van der Waals surface area (Å²) in [5.74, 6) is -0.297. The van der Waals surface area contributed by atoms with Gasteiger partial charge in [-0.15, -0.1) is 12.4 Å². The molecule has 1 aromatic carbocycles. The van der Waals surface area contributed by atoms with Gasteiger partial charge in [0.1, 0.15) is 0 Å². The first-order chi connectivity index (χ1) is 10.5. The second kappa shape index (κ2) is 9.25. The van der Waals surface area contributed by atoms with E-state index in [0.717, 1.165) is 28.8 Å². The fourth-order valence-electron chi connectivity index (χ4n) is 2.52. The van der Waals surface area contributed by atoms with Crippen LogP contribution in [0.5, 0.6) is 0 Å². The third kappa shape index (κ3) is 5.19. The summed E-state index contributed by atoms with van der Waals surface area (Å²) in [6.45, 7) is 6.68. The van der Waals surface area contributed by atoms with Crippen LogP contribution >= 0.6 is 28.3 Å². The quantitative estimate of drug-likeness (QED) is 0.715. The molecule has 0 saturated carbocycles. The minimum absolute atomic E-state index is 0. The first-order valence-corrected chi connectivity index (χ1v) is 8.37. The molecular weight excluding hydrogens is 382 g/mol. The molecule has 1 aliphatic heterocycles. The average molecular weight is 405 g/mol. The van der Waals surface area contributed by atoms with Crippen LogP contribution in [0.3, 0.4) is 0 Å². The number of anilines is 1. The topological polar surface area (TPSA) is 61.4 Å². The Balaban J connectivity index is 0.00000264. The Morgan fingerprint density at radius 1 is 1.39 bits per heavy atom. The standard InChI is InChI=1S/C16H22BrN3O2.ClH/c1-3-18-6-7-19-16(22)12-9-15(21)20(10-12)13-4-5-14(17)11(2)8-13;/h4-5,8,12,18H,3,6-7,9-10H2,1-2H3,(H,19,22);1H. The molecule has 2 N–H and O–H groups in total. The van der Waals surface area contributed by atoms with E-state index in [0.29, 0.717) is 13.1 Å². The van der Waals surface area contributed by atoms with Crippen LogP contribution in [0.25, 0.3) is 0 Å². The van der Waals surface area contributed by atoms with E-state index < -0.39 is 0 Å². The number of hydrogen-bond acceptors (Lipinski definition) is 3. The lowest BCUT2D eigenvalue weighted by molar-refractivity contribution is -0.126. The summed E-state index contributed by atoms with van der Waals surface area (Å²) in [7, 11) is 0. The highest BCUT2D eigenvalue weighted by atomic mass is 79.9. The molecule has 5 nitrogen and oxygen atoms in total. The Labute approximate surface area is 151 Å². The number of rotatable bonds is 6. The van der Waals surface area contributed by atoms with Crippen LogP contribution in [0, 0.1) is 12.8 Å². The largest absolute Gasteiger partial charge is 0.355 e. The van der Waals surface area contributed by atoms with E-state index in [-0.39, 0.29) is 36.6 Å². The van der Waals surface area contributed by atoms with Crippen molar-refractivity contribution in [2.75, 3.05) is 31.1 Å². The lowest BCUT2D eigenvalue weighted by atomic mass is 10.1. The third-order valence-corrected chi connectivity index (χ3v) is 4.69. The summed E-state index contributed by atoms with van der Waals surface area (Å²) in [5, 5.41) is 6.04. The van der Waals surface area contributed by atoms with Gasteiger partial charge in [0.05, 0.1) is 5.92 Å². The molecule has 1 aromatic rings. The minimum atomic E-state index is -0.266. The Hall–Kier alpha value is -1.11. The van der Waals surface area contributed by atoms with Crippen molar-refractivity contribution in [3.05, 3.63) is 28.2 Å². The fourth-order valence-corrected chi connectivity index (χ4v) is 2.77. The van der Waals surface area contributed by atoms with E-state index in [4.69, 9.17) is 0 Å². The van der Waals surface area contributed by atoms with Gasteiger partial charge in [0.25, 0.3) is 0 Å². The summed E-state index contributed by atoms with van der Waals surface area (Å²) in [4.78, 5) is 26.0. The molecule has 0 aromatic heterocycles. The van der Waals surface area contributed by atoms with Crippen molar-refractivity contribution in [1.29, 1.82) is 0 Å². The fraction of sp³-hybridized carbons (Fsp3) is 0.500. The van der Waals surface area contributed by atoms with Gasteiger partial charge in [-0.05, 0) is 37.2 Å². The Morgan fingerprint density at radius 2 is 2.13 bits per heavy atom. The molecule has 23 heavy (non-hydrogen) atoms. The Bertz CT molecular complexity index is 568. The predicted octanol–water partition coefficient (Wildman–Crippen LogP) is 2.26. The van der Waals surface area contributed by atoms with Crippen molar-refractivity contribution in [2.24, 2.45) is 5.92 Å². The Morgan fingerprint density at radius 3 is 2.78 bits per heavy atom. The van der Waals surface area contributed by atoms with Crippen molar-refractivity contribution >= 4 is 45.8 Å². The number of likely N-dealkylation sites (N-methyl/N-ethyl adjacent to an activating group) is 1. The number of aryl methyl sites for hydroxylation is 1. The zero-order chi connectivity index (χ0) is 16.1. The van der Waals surface area contributed by atoms with E-state index in [2.05, 4.69) is 26.6 Å². The van der Waals surface area contributed by atoms with Crippen molar-refractivity contribution in [1.82, 2.24) is 10.6 Å². The van der Waals surface area contributed by atoms with Gasteiger partial charge in [-0.2, -0.15) is 0 Å². The molecule has 2 amide bonds. The van der Waals surface area contributed by atoms with Crippen LogP contribution in [0.2, 0.25) is 0 Å². The number of amides is 2. The highest BCUT2D eigenvalue weighted by Crippen LogP contribution is 2.28. The smallest absolute Gasteiger partial charge is 0.227 e. The molecule has 0 aliphatic carbocycles. The second-order valence-electron chi connectivity index (χ2n) is 5.48. The van der Waals surface area contributed by atoms with E-state index in [1.54, 1.807) is 4.90 Å². The van der Waals surface area contributed by atoms with Gasteiger partial charge in [-0.1, -0.05) is 22.9 Å². The lowest BCUT2D eigenvalue weighted by Gasteiger charge is -2.17. The zero-order valence-electron chi connectivity index (χ0n) is 13.4. The van der Waals surface area contributed by atoms with Crippen LogP contribution in [-0.2, 0) is 9.59 Å². The first kappa shape index (κ1) is 19.9. The highest BCUT2D eigenvalue weighted by Gasteiger charge is 2.34. The van der Waals surface area contributed by atoms with Gasteiger partial charge in [0.15, 0.2) is 0 Å². The van der Waals surface area contributed by atoms with E-state index in [1.807, 2.05) is 32.0 Å². The summed E-state index contributed by atoms with van der Waals surface area (Å²) in [6.07, 6.45) is 0.280. The summed E-state index contributed by atoms with van der Waals surface area (Å²) in [6, 6.07) is 5.80. The molecule has 0 spiro atoms. The molecule has 1 fully saturated rings. The van der Waals surface area contributed by atoms with E-state index in [9.17, 15) is 9.59 Å². The highest BCUT2D eigenvalue weighted by molar-refractivity contribution is 9.10. The SMILES string of the molecule is CCNCCNC(=O)C1CC(=O)N(c2ccc(Br)c(C)c2)C1.Cl. The predicted molar refractivity (Wildman–Crippen MR) is 98.1 cm³/mol. The summed E-state index contributed by atoms with van der Waals surface area (Å²) >= 11 is 3.46. The second-order valence-corrected chi connectivity index (χ2v) is 6.34. The molecule has 0 radical (unpaired) electrons. The molecular formula is C16H23BrClN3O2.